The van der Waals surface area contributed by atoms with Crippen molar-refractivity contribution in [3.63, 3.8) is 0 Å². The van der Waals surface area contributed by atoms with Gasteiger partial charge in [0.25, 0.3) is 0 Å². The molecule has 0 aliphatic heterocycles. The summed E-state index contributed by atoms with van der Waals surface area (Å²) in [6, 6.07) is 12.5. The lowest BCUT2D eigenvalue weighted by atomic mass is 9.95. The van der Waals surface area contributed by atoms with Crippen molar-refractivity contribution in [2.24, 2.45) is 0 Å². The van der Waals surface area contributed by atoms with E-state index in [0.717, 1.165) is 12.0 Å². The van der Waals surface area contributed by atoms with Gasteiger partial charge in [-0.1, -0.05) is 24.3 Å². The van der Waals surface area contributed by atoms with Gasteiger partial charge in [-0.2, -0.15) is 18.3 Å². The number of rotatable bonds is 6. The van der Waals surface area contributed by atoms with Crippen molar-refractivity contribution in [1.82, 2.24) is 20.1 Å². The third-order valence-electron chi connectivity index (χ3n) is 5.12. The first kappa shape index (κ1) is 20.9. The summed E-state index contributed by atoms with van der Waals surface area (Å²) in [5, 5.41) is 6.48. The number of carbonyl (C=O) groups excluding carboxylic acids is 1. The number of alkyl halides is 3. The molecule has 0 atom stereocenters. The minimum absolute atomic E-state index is 0.164. The second kappa shape index (κ2) is 8.79. The van der Waals surface area contributed by atoms with Gasteiger partial charge in [-0.15, -0.1) is 0 Å². The van der Waals surface area contributed by atoms with Crippen LogP contribution in [0.5, 0.6) is 11.6 Å². The van der Waals surface area contributed by atoms with E-state index in [0.29, 0.717) is 36.6 Å². The first-order valence-corrected chi connectivity index (χ1v) is 10.0. The van der Waals surface area contributed by atoms with Gasteiger partial charge >= 0.3 is 6.18 Å². The first-order valence-electron chi connectivity index (χ1n) is 10.0. The Bertz CT molecular complexity index is 1060. The van der Waals surface area contributed by atoms with E-state index in [1.807, 2.05) is 6.07 Å². The number of ether oxygens (including phenoxy) is 1. The van der Waals surface area contributed by atoms with Crippen molar-refractivity contribution in [3.8, 4) is 11.6 Å². The summed E-state index contributed by atoms with van der Waals surface area (Å²) >= 11 is 0. The number of fused-ring (bicyclic) bond motifs is 1. The number of halogens is 3. The third-order valence-corrected chi connectivity index (χ3v) is 5.12. The lowest BCUT2D eigenvalue weighted by Crippen LogP contribution is -2.28. The normalized spacial score (nSPS) is 13.5. The van der Waals surface area contributed by atoms with Gasteiger partial charge in [0, 0.05) is 35.6 Å². The Morgan fingerprint density at radius 3 is 2.65 bits per heavy atom. The van der Waals surface area contributed by atoms with E-state index in [2.05, 4.69) is 15.4 Å². The molecule has 162 valence electrons. The van der Waals surface area contributed by atoms with Gasteiger partial charge in [-0.3, -0.25) is 9.48 Å². The minimum Gasteiger partial charge on any atom is -0.439 e. The SMILES string of the molecule is O=C(Cn1nc(C(F)(F)F)c2c1CCCC2)NCc1ccccc1Oc1ccccn1. The maximum atomic E-state index is 13.3. The van der Waals surface area contributed by atoms with Gasteiger partial charge in [0.1, 0.15) is 12.3 Å². The van der Waals surface area contributed by atoms with E-state index >= 15 is 0 Å². The Hall–Kier alpha value is -3.36. The molecule has 2 heterocycles. The summed E-state index contributed by atoms with van der Waals surface area (Å²) in [6.07, 6.45) is -0.599. The summed E-state index contributed by atoms with van der Waals surface area (Å²) in [5.74, 6) is 0.540. The molecule has 1 amide bonds. The van der Waals surface area contributed by atoms with Gasteiger partial charge < -0.3 is 10.1 Å². The number of nitrogens with zero attached hydrogens (tertiary/aromatic N) is 3. The molecular weight excluding hydrogens is 409 g/mol. The van der Waals surface area contributed by atoms with Crippen molar-refractivity contribution in [2.45, 2.75) is 44.9 Å². The zero-order chi connectivity index (χ0) is 21.8. The van der Waals surface area contributed by atoms with Crippen molar-refractivity contribution >= 4 is 5.91 Å². The molecule has 0 saturated heterocycles. The van der Waals surface area contributed by atoms with E-state index in [1.54, 1.807) is 42.6 Å². The molecule has 1 aliphatic rings. The highest BCUT2D eigenvalue weighted by molar-refractivity contribution is 5.75. The molecule has 0 bridgehead atoms. The number of carbonyl (C=O) groups is 1. The van der Waals surface area contributed by atoms with Crippen LogP contribution in [0.3, 0.4) is 0 Å². The van der Waals surface area contributed by atoms with Crippen LogP contribution in [0.2, 0.25) is 0 Å². The maximum absolute atomic E-state index is 13.3. The van der Waals surface area contributed by atoms with E-state index in [-0.39, 0.29) is 18.7 Å². The standard InChI is InChI=1S/C22H21F3N4O2/c23-22(24,25)21-16-8-2-3-9-17(16)29(28-21)14-19(30)27-13-15-7-1-4-10-18(15)31-20-11-5-6-12-26-20/h1,4-7,10-12H,2-3,8-9,13-14H2,(H,27,30). The van der Waals surface area contributed by atoms with Crippen molar-refractivity contribution in [2.75, 3.05) is 0 Å². The highest BCUT2D eigenvalue weighted by Gasteiger charge is 2.39. The molecule has 0 unspecified atom stereocenters. The number of aromatic nitrogens is 3. The van der Waals surface area contributed by atoms with Crippen LogP contribution in [0.25, 0.3) is 0 Å². The van der Waals surface area contributed by atoms with Crippen LogP contribution in [-0.4, -0.2) is 20.7 Å². The van der Waals surface area contributed by atoms with Gasteiger partial charge in [0.15, 0.2) is 5.69 Å². The summed E-state index contributed by atoms with van der Waals surface area (Å²) in [5.41, 5.74) is 0.581. The lowest BCUT2D eigenvalue weighted by molar-refractivity contribution is -0.142. The fourth-order valence-corrected chi connectivity index (χ4v) is 3.68. The molecule has 0 spiro atoms. The van der Waals surface area contributed by atoms with Crippen LogP contribution in [0.4, 0.5) is 13.2 Å². The molecule has 0 saturated carbocycles. The largest absolute Gasteiger partial charge is 0.439 e. The zero-order valence-corrected chi connectivity index (χ0v) is 16.7. The Balaban J connectivity index is 1.45. The molecule has 4 rings (SSSR count). The Kier molecular flexibility index (Phi) is 5.92. The van der Waals surface area contributed by atoms with Crippen LogP contribution in [0.15, 0.2) is 48.7 Å². The number of pyridine rings is 1. The second-order valence-corrected chi connectivity index (χ2v) is 7.29. The van der Waals surface area contributed by atoms with E-state index in [9.17, 15) is 18.0 Å². The van der Waals surface area contributed by atoms with Crippen LogP contribution in [0.1, 0.15) is 35.4 Å². The summed E-state index contributed by atoms with van der Waals surface area (Å²) in [7, 11) is 0. The number of amides is 1. The van der Waals surface area contributed by atoms with Gasteiger partial charge in [0.05, 0.1) is 0 Å². The predicted molar refractivity (Wildman–Crippen MR) is 106 cm³/mol. The highest BCUT2D eigenvalue weighted by Crippen LogP contribution is 2.35. The Morgan fingerprint density at radius 1 is 1.10 bits per heavy atom. The molecule has 31 heavy (non-hydrogen) atoms. The topological polar surface area (TPSA) is 69.0 Å². The molecule has 6 nitrogen and oxygen atoms in total. The fourth-order valence-electron chi connectivity index (χ4n) is 3.68. The number of hydrogen-bond acceptors (Lipinski definition) is 4. The maximum Gasteiger partial charge on any atom is 0.435 e. The van der Waals surface area contributed by atoms with E-state index < -0.39 is 17.8 Å². The molecule has 1 aliphatic carbocycles. The Morgan fingerprint density at radius 2 is 1.87 bits per heavy atom. The van der Waals surface area contributed by atoms with Gasteiger partial charge in [-0.25, -0.2) is 4.98 Å². The monoisotopic (exact) mass is 430 g/mol. The Labute approximate surface area is 177 Å². The first-order chi connectivity index (χ1) is 14.9. The highest BCUT2D eigenvalue weighted by atomic mass is 19.4. The number of para-hydroxylation sites is 1. The van der Waals surface area contributed by atoms with E-state index in [4.69, 9.17) is 4.74 Å². The molecule has 1 N–H and O–H groups in total. The molecule has 1 aromatic carbocycles. The molecule has 2 aromatic heterocycles. The fraction of sp³-hybridized carbons (Fsp3) is 0.318. The van der Waals surface area contributed by atoms with Crippen LogP contribution in [-0.2, 0) is 36.9 Å². The summed E-state index contributed by atoms with van der Waals surface area (Å²) < 4.78 is 46.9. The van der Waals surface area contributed by atoms with Gasteiger partial charge in [0.2, 0.25) is 11.8 Å². The average molecular weight is 430 g/mol. The van der Waals surface area contributed by atoms with Crippen LogP contribution < -0.4 is 10.1 Å². The van der Waals surface area contributed by atoms with Crippen molar-refractivity contribution in [1.29, 1.82) is 0 Å². The number of benzene rings is 1. The van der Waals surface area contributed by atoms with Crippen molar-refractivity contribution < 1.29 is 22.7 Å². The summed E-state index contributed by atoms with van der Waals surface area (Å²) in [6.45, 7) is -0.0981. The quantitative estimate of drug-likeness (QED) is 0.634. The zero-order valence-electron chi connectivity index (χ0n) is 16.7. The predicted octanol–water partition coefficient (Wildman–Crippen LogP) is 4.28. The smallest absolute Gasteiger partial charge is 0.435 e. The minimum atomic E-state index is -4.52. The number of hydrogen-bond donors (Lipinski definition) is 1. The molecule has 3 aromatic rings. The van der Waals surface area contributed by atoms with Crippen molar-refractivity contribution in [3.05, 3.63) is 71.2 Å². The third kappa shape index (κ3) is 4.87. The van der Waals surface area contributed by atoms with Gasteiger partial charge in [-0.05, 0) is 37.8 Å². The number of nitrogens with one attached hydrogen (secondary N) is 1. The van der Waals surface area contributed by atoms with E-state index in [1.165, 1.54) is 4.68 Å². The summed E-state index contributed by atoms with van der Waals surface area (Å²) in [4.78, 5) is 16.6. The second-order valence-electron chi connectivity index (χ2n) is 7.29. The lowest BCUT2D eigenvalue weighted by Gasteiger charge is -2.15. The molecule has 0 fully saturated rings. The molecule has 0 radical (unpaired) electrons. The van der Waals surface area contributed by atoms with Crippen LogP contribution >= 0.6 is 0 Å². The average Bonchev–Trinajstić information content (AvgIpc) is 3.13. The molecule has 9 heteroatoms. The molecular formula is C22H21F3N4O2. The van der Waals surface area contributed by atoms with Crippen LogP contribution in [0, 0.1) is 0 Å².